The Labute approximate surface area is 175 Å². The van der Waals surface area contributed by atoms with Gasteiger partial charge in [-0.15, -0.1) is 5.10 Å². The molecule has 0 spiro atoms. The largest absolute Gasteiger partial charge is 0.347 e. The Kier molecular flexibility index (Phi) is 5.37. The van der Waals surface area contributed by atoms with Gasteiger partial charge in [-0.2, -0.15) is 0 Å². The van der Waals surface area contributed by atoms with E-state index in [1.165, 1.54) is 22.4 Å². The van der Waals surface area contributed by atoms with Gasteiger partial charge in [-0.1, -0.05) is 50.2 Å². The molecular weight excluding hydrogens is 381 g/mol. The summed E-state index contributed by atoms with van der Waals surface area (Å²) in [4.78, 5) is 13.4. The zero-order chi connectivity index (χ0) is 21.3. The molecule has 1 aliphatic rings. The molecule has 7 heteroatoms. The summed E-state index contributed by atoms with van der Waals surface area (Å²) in [7, 11) is 0. The molecule has 0 radical (unpaired) electrons. The van der Waals surface area contributed by atoms with E-state index < -0.39 is 6.04 Å². The molecule has 1 aromatic heterocycles. The van der Waals surface area contributed by atoms with Crippen LogP contribution in [0, 0.1) is 12.7 Å². The molecule has 2 aromatic carbocycles. The molecule has 0 fully saturated rings. The van der Waals surface area contributed by atoms with Crippen LogP contribution in [0.1, 0.15) is 61.3 Å². The molecule has 0 aliphatic heterocycles. The Balaban J connectivity index is 1.62. The minimum absolute atomic E-state index is 0.0746. The predicted molar refractivity (Wildman–Crippen MR) is 111 cm³/mol. The van der Waals surface area contributed by atoms with Crippen LogP contribution >= 0.6 is 0 Å². The van der Waals surface area contributed by atoms with Crippen molar-refractivity contribution in [3.8, 4) is 0 Å². The third-order valence-electron chi connectivity index (χ3n) is 6.01. The number of halogens is 1. The van der Waals surface area contributed by atoms with E-state index in [-0.39, 0.29) is 23.2 Å². The van der Waals surface area contributed by atoms with Crippen molar-refractivity contribution < 1.29 is 9.18 Å². The molecule has 1 N–H and O–H groups in total. The van der Waals surface area contributed by atoms with E-state index in [1.54, 1.807) is 13.0 Å². The molecule has 0 bridgehead atoms. The second-order valence-corrected chi connectivity index (χ2v) is 8.59. The fraction of sp³-hybridized carbons (Fsp3) is 0.391. The summed E-state index contributed by atoms with van der Waals surface area (Å²) >= 11 is 0. The van der Waals surface area contributed by atoms with Gasteiger partial charge in [0.05, 0.1) is 6.04 Å². The summed E-state index contributed by atoms with van der Waals surface area (Å²) < 4.78 is 15.2. The van der Waals surface area contributed by atoms with E-state index >= 15 is 0 Å². The van der Waals surface area contributed by atoms with Crippen molar-refractivity contribution in [2.24, 2.45) is 0 Å². The Morgan fingerprint density at radius 2 is 2.07 bits per heavy atom. The number of amides is 1. The van der Waals surface area contributed by atoms with Crippen LogP contribution in [-0.4, -0.2) is 26.1 Å². The lowest BCUT2D eigenvalue weighted by molar-refractivity contribution is -0.125. The van der Waals surface area contributed by atoms with E-state index in [1.807, 2.05) is 18.2 Å². The zero-order valence-electron chi connectivity index (χ0n) is 17.5. The zero-order valence-corrected chi connectivity index (χ0v) is 17.5. The summed E-state index contributed by atoms with van der Waals surface area (Å²) in [5.74, 6) is 0.0365. The van der Waals surface area contributed by atoms with Crippen LogP contribution in [0.4, 0.5) is 4.39 Å². The van der Waals surface area contributed by atoms with E-state index in [4.69, 9.17) is 0 Å². The number of carbonyl (C=O) groups excluding carboxylic acids is 1. The smallest absolute Gasteiger partial charge is 0.245 e. The summed E-state index contributed by atoms with van der Waals surface area (Å²) in [6.45, 7) is 6.23. The number of aromatic nitrogens is 4. The third-order valence-corrected chi connectivity index (χ3v) is 6.01. The summed E-state index contributed by atoms with van der Waals surface area (Å²) in [6.07, 6.45) is 2.14. The first kappa shape index (κ1) is 20.2. The van der Waals surface area contributed by atoms with Gasteiger partial charge in [-0.25, -0.2) is 9.07 Å². The van der Waals surface area contributed by atoms with E-state index in [9.17, 15) is 9.18 Å². The van der Waals surface area contributed by atoms with Crippen LogP contribution in [0.2, 0.25) is 0 Å². The van der Waals surface area contributed by atoms with Crippen LogP contribution in [0.15, 0.2) is 48.5 Å². The molecule has 1 amide bonds. The minimum atomic E-state index is -0.663. The Bertz CT molecular complexity index is 1060. The van der Waals surface area contributed by atoms with Crippen molar-refractivity contribution in [1.29, 1.82) is 0 Å². The lowest BCUT2D eigenvalue weighted by Crippen LogP contribution is -2.40. The quantitative estimate of drug-likeness (QED) is 0.698. The maximum Gasteiger partial charge on any atom is 0.245 e. The topological polar surface area (TPSA) is 72.7 Å². The number of rotatable bonds is 5. The third kappa shape index (κ3) is 3.97. The van der Waals surface area contributed by atoms with Crippen LogP contribution < -0.4 is 5.32 Å². The highest BCUT2D eigenvalue weighted by Crippen LogP contribution is 2.41. The van der Waals surface area contributed by atoms with Gasteiger partial charge in [-0.05, 0) is 64.4 Å². The normalized spacial score (nSPS) is 18.5. The first-order valence-electron chi connectivity index (χ1n) is 10.2. The number of hydrogen-bond acceptors (Lipinski definition) is 4. The number of aryl methyl sites for hydroxylation is 1. The summed E-state index contributed by atoms with van der Waals surface area (Å²) in [5, 5.41) is 14.9. The Hall–Kier alpha value is -3.09. The first-order valence-corrected chi connectivity index (χ1v) is 10.2. The Morgan fingerprint density at radius 3 is 2.80 bits per heavy atom. The van der Waals surface area contributed by atoms with Crippen molar-refractivity contribution in [3.63, 3.8) is 0 Å². The van der Waals surface area contributed by atoms with Crippen molar-refractivity contribution in [1.82, 2.24) is 25.5 Å². The van der Waals surface area contributed by atoms with Crippen LogP contribution in [0.5, 0.6) is 0 Å². The number of tetrazole rings is 1. The standard InChI is InChI=1S/C23H26FN5O/c1-15-26-27-28-29(15)21(14-16-7-6-8-17(24)13-16)22(30)25-20-11-12-23(2,3)19-10-5-4-9-18(19)20/h4-10,13,20-21H,11-12,14H2,1-3H3,(H,25,30)/t20-,21-/m1/s1. The highest BCUT2D eigenvalue weighted by molar-refractivity contribution is 5.81. The lowest BCUT2D eigenvalue weighted by Gasteiger charge is -2.37. The predicted octanol–water partition coefficient (Wildman–Crippen LogP) is 3.83. The number of carbonyl (C=O) groups is 1. The van der Waals surface area contributed by atoms with Crippen molar-refractivity contribution >= 4 is 5.91 Å². The van der Waals surface area contributed by atoms with Gasteiger partial charge in [-0.3, -0.25) is 4.79 Å². The molecule has 2 atom stereocenters. The molecule has 3 aromatic rings. The van der Waals surface area contributed by atoms with Gasteiger partial charge in [0, 0.05) is 6.42 Å². The molecule has 4 rings (SSSR count). The van der Waals surface area contributed by atoms with Crippen molar-refractivity contribution in [3.05, 3.63) is 76.9 Å². The number of nitrogens with zero attached hydrogens (tertiary/aromatic N) is 4. The fourth-order valence-corrected chi connectivity index (χ4v) is 4.33. The average molecular weight is 407 g/mol. The van der Waals surface area contributed by atoms with Crippen molar-refractivity contribution in [2.45, 2.75) is 57.5 Å². The molecule has 0 saturated heterocycles. The molecule has 6 nitrogen and oxygen atoms in total. The van der Waals surface area contributed by atoms with E-state index in [0.29, 0.717) is 12.2 Å². The first-order chi connectivity index (χ1) is 14.3. The van der Waals surface area contributed by atoms with Gasteiger partial charge < -0.3 is 5.32 Å². The van der Waals surface area contributed by atoms with Gasteiger partial charge in [0.25, 0.3) is 0 Å². The summed E-state index contributed by atoms with van der Waals surface area (Å²) in [5.41, 5.74) is 3.21. The number of fused-ring (bicyclic) bond motifs is 1. The highest BCUT2D eigenvalue weighted by atomic mass is 19.1. The fourth-order valence-electron chi connectivity index (χ4n) is 4.33. The number of benzene rings is 2. The van der Waals surface area contributed by atoms with Crippen LogP contribution in [0.25, 0.3) is 0 Å². The molecule has 0 unspecified atom stereocenters. The maximum atomic E-state index is 13.7. The molecule has 156 valence electrons. The average Bonchev–Trinajstić information content (AvgIpc) is 3.14. The van der Waals surface area contributed by atoms with E-state index in [0.717, 1.165) is 24.0 Å². The van der Waals surface area contributed by atoms with Crippen molar-refractivity contribution in [2.75, 3.05) is 0 Å². The second-order valence-electron chi connectivity index (χ2n) is 8.59. The summed E-state index contributed by atoms with van der Waals surface area (Å²) in [6, 6.07) is 13.8. The Morgan fingerprint density at radius 1 is 1.27 bits per heavy atom. The molecule has 1 heterocycles. The molecular formula is C23H26FN5O. The lowest BCUT2D eigenvalue weighted by atomic mass is 9.71. The van der Waals surface area contributed by atoms with Gasteiger partial charge >= 0.3 is 0 Å². The van der Waals surface area contributed by atoms with Crippen LogP contribution in [-0.2, 0) is 16.6 Å². The van der Waals surface area contributed by atoms with Crippen LogP contribution in [0.3, 0.4) is 0 Å². The molecule has 30 heavy (non-hydrogen) atoms. The number of nitrogens with one attached hydrogen (secondary N) is 1. The SMILES string of the molecule is Cc1nnnn1[C@H](Cc1cccc(F)c1)C(=O)N[C@@H]1CCC(C)(C)c2ccccc21. The second kappa shape index (κ2) is 7.97. The molecule has 0 saturated carbocycles. The maximum absolute atomic E-state index is 13.7. The van der Waals surface area contributed by atoms with E-state index in [2.05, 4.69) is 46.8 Å². The van der Waals surface area contributed by atoms with Gasteiger partial charge in [0.2, 0.25) is 5.91 Å². The monoisotopic (exact) mass is 407 g/mol. The van der Waals surface area contributed by atoms with Gasteiger partial charge in [0.1, 0.15) is 17.7 Å². The number of hydrogen-bond donors (Lipinski definition) is 1. The minimum Gasteiger partial charge on any atom is -0.347 e. The molecule has 1 aliphatic carbocycles. The van der Waals surface area contributed by atoms with Gasteiger partial charge in [0.15, 0.2) is 0 Å². The highest BCUT2D eigenvalue weighted by Gasteiger charge is 2.34.